The van der Waals surface area contributed by atoms with Crippen LogP contribution in [0.1, 0.15) is 31.1 Å². The van der Waals surface area contributed by atoms with Gasteiger partial charge in [0.2, 0.25) is 0 Å². The van der Waals surface area contributed by atoms with Gasteiger partial charge >= 0.3 is 0 Å². The number of rotatable bonds is 6. The highest BCUT2D eigenvalue weighted by atomic mass is 32.1. The summed E-state index contributed by atoms with van der Waals surface area (Å²) in [5.41, 5.74) is 6.22. The minimum Gasteiger partial charge on any atom is -0.382 e. The number of nitrogen functional groups attached to an aromatic ring is 1. The molecule has 0 saturated carbocycles. The molecule has 1 unspecified atom stereocenters. The first kappa shape index (κ1) is 15.7. The van der Waals surface area contributed by atoms with Gasteiger partial charge in [-0.15, -0.1) is 0 Å². The number of nitrogens with two attached hydrogens (primary N) is 1. The molecule has 0 spiro atoms. The minimum atomic E-state index is -0.179. The van der Waals surface area contributed by atoms with E-state index in [1.54, 1.807) is 0 Å². The second kappa shape index (κ2) is 6.72. The summed E-state index contributed by atoms with van der Waals surface area (Å²) in [5.74, 6) is 0.101. The molecule has 19 heavy (non-hydrogen) atoms. The second-order valence-corrected chi connectivity index (χ2v) is 5.87. The zero-order valence-electron chi connectivity index (χ0n) is 12.2. The predicted molar refractivity (Wildman–Crippen MR) is 80.8 cm³/mol. The number of carbonyl (C=O) groups is 1. The summed E-state index contributed by atoms with van der Waals surface area (Å²) in [6.45, 7) is 6.66. The smallest absolute Gasteiger partial charge is 0.258 e. The quantitative estimate of drug-likeness (QED) is 0.732. The summed E-state index contributed by atoms with van der Waals surface area (Å²) >= 11 is 1.22. The number of carbonyl (C=O) groups excluding carboxylic acids is 1. The van der Waals surface area contributed by atoms with Crippen molar-refractivity contribution in [1.82, 2.24) is 14.6 Å². The normalized spacial score (nSPS) is 12.8. The highest BCUT2D eigenvalue weighted by Crippen LogP contribution is 2.26. The first-order valence-electron chi connectivity index (χ1n) is 6.29. The Morgan fingerprint density at radius 3 is 2.58 bits per heavy atom. The topological polar surface area (TPSA) is 83.3 Å². The number of hydrogen-bond acceptors (Lipinski definition) is 6. The Hall–Kier alpha value is -1.34. The Morgan fingerprint density at radius 2 is 2.05 bits per heavy atom. The van der Waals surface area contributed by atoms with E-state index in [0.29, 0.717) is 11.6 Å². The van der Waals surface area contributed by atoms with Crippen LogP contribution in [-0.4, -0.2) is 47.9 Å². The zero-order valence-corrected chi connectivity index (χ0v) is 13.0. The molecule has 6 nitrogen and oxygen atoms in total. The third kappa shape index (κ3) is 4.36. The molecule has 0 aliphatic heterocycles. The Morgan fingerprint density at radius 1 is 1.42 bits per heavy atom. The second-order valence-electron chi connectivity index (χ2n) is 5.09. The molecule has 1 aromatic rings. The molecule has 1 amide bonds. The Balaban J connectivity index is 2.77. The van der Waals surface area contributed by atoms with E-state index in [2.05, 4.69) is 26.8 Å². The zero-order chi connectivity index (χ0) is 14.6. The molecule has 1 atom stereocenters. The van der Waals surface area contributed by atoms with Gasteiger partial charge in [0.15, 0.2) is 5.82 Å². The fraction of sp³-hybridized carbons (Fsp3) is 0.667. The van der Waals surface area contributed by atoms with E-state index >= 15 is 0 Å². The molecule has 1 heterocycles. The maximum atomic E-state index is 12.1. The summed E-state index contributed by atoms with van der Waals surface area (Å²) in [6.07, 6.45) is 0. The third-order valence-electron chi connectivity index (χ3n) is 2.80. The van der Waals surface area contributed by atoms with E-state index in [1.165, 1.54) is 11.5 Å². The SMILES string of the molecule is CC(C)NC(=O)c1c(N)nsc1NCC(C)N(C)C. The minimum absolute atomic E-state index is 0.0698. The first-order chi connectivity index (χ1) is 8.82. The summed E-state index contributed by atoms with van der Waals surface area (Å²) in [6, 6.07) is 0.421. The van der Waals surface area contributed by atoms with Gasteiger partial charge < -0.3 is 21.3 Å². The number of aromatic nitrogens is 1. The van der Waals surface area contributed by atoms with Crippen LogP contribution in [0, 0.1) is 0 Å². The van der Waals surface area contributed by atoms with Crippen LogP contribution in [-0.2, 0) is 0 Å². The lowest BCUT2D eigenvalue weighted by Crippen LogP contribution is -2.33. The number of nitrogens with zero attached hydrogens (tertiary/aromatic N) is 2. The number of amides is 1. The Bertz CT molecular complexity index is 430. The Kier molecular flexibility index (Phi) is 5.56. The summed E-state index contributed by atoms with van der Waals surface area (Å²) in [7, 11) is 4.03. The highest BCUT2D eigenvalue weighted by Gasteiger charge is 2.20. The maximum Gasteiger partial charge on any atom is 0.258 e. The lowest BCUT2D eigenvalue weighted by atomic mass is 10.2. The summed E-state index contributed by atoms with van der Waals surface area (Å²) in [4.78, 5) is 14.2. The summed E-state index contributed by atoms with van der Waals surface area (Å²) in [5, 5.41) is 6.80. The van der Waals surface area contributed by atoms with Gasteiger partial charge in [0.1, 0.15) is 10.6 Å². The van der Waals surface area contributed by atoms with Crippen molar-refractivity contribution >= 4 is 28.3 Å². The van der Waals surface area contributed by atoms with Crippen LogP contribution in [0.25, 0.3) is 0 Å². The summed E-state index contributed by atoms with van der Waals surface area (Å²) < 4.78 is 4.05. The average molecular weight is 285 g/mol. The van der Waals surface area contributed by atoms with E-state index < -0.39 is 0 Å². The molecule has 4 N–H and O–H groups in total. The van der Waals surface area contributed by atoms with Gasteiger partial charge in [-0.25, -0.2) is 0 Å². The van der Waals surface area contributed by atoms with Gasteiger partial charge in [-0.3, -0.25) is 4.79 Å². The molecular weight excluding hydrogens is 262 g/mol. The van der Waals surface area contributed by atoms with Crippen LogP contribution in [0.5, 0.6) is 0 Å². The average Bonchev–Trinajstić information content (AvgIpc) is 2.66. The van der Waals surface area contributed by atoms with E-state index in [9.17, 15) is 4.79 Å². The molecule has 0 aliphatic carbocycles. The van der Waals surface area contributed by atoms with Crippen molar-refractivity contribution in [3.05, 3.63) is 5.56 Å². The fourth-order valence-electron chi connectivity index (χ4n) is 1.40. The molecule has 0 aliphatic rings. The van der Waals surface area contributed by atoms with Gasteiger partial charge in [0.05, 0.1) is 0 Å². The number of anilines is 2. The molecule has 0 saturated heterocycles. The molecule has 0 fully saturated rings. The molecule has 108 valence electrons. The maximum absolute atomic E-state index is 12.1. The monoisotopic (exact) mass is 285 g/mol. The first-order valence-corrected chi connectivity index (χ1v) is 7.06. The van der Waals surface area contributed by atoms with Crippen LogP contribution in [0.3, 0.4) is 0 Å². The van der Waals surface area contributed by atoms with E-state index in [4.69, 9.17) is 5.73 Å². The van der Waals surface area contributed by atoms with Crippen molar-refractivity contribution in [2.24, 2.45) is 0 Å². The predicted octanol–water partition coefficient (Wildman–Crippen LogP) is 1.23. The number of likely N-dealkylation sites (N-methyl/N-ethyl adjacent to an activating group) is 1. The van der Waals surface area contributed by atoms with Gasteiger partial charge in [0.25, 0.3) is 5.91 Å². The largest absolute Gasteiger partial charge is 0.382 e. The molecule has 0 radical (unpaired) electrons. The number of hydrogen-bond donors (Lipinski definition) is 3. The standard InChI is InChI=1S/C12H23N5OS/c1-7(2)15-11(18)9-10(13)16-19-12(9)14-6-8(3)17(4)5/h7-8,14H,6H2,1-5H3,(H2,13,16)(H,15,18). The van der Waals surface area contributed by atoms with Gasteiger partial charge in [-0.2, -0.15) is 4.37 Å². The third-order valence-corrected chi connectivity index (χ3v) is 3.62. The van der Waals surface area contributed by atoms with Crippen molar-refractivity contribution < 1.29 is 4.79 Å². The van der Waals surface area contributed by atoms with Gasteiger partial charge in [0, 0.05) is 18.6 Å². The van der Waals surface area contributed by atoms with Crippen LogP contribution < -0.4 is 16.4 Å². The molecule has 1 rings (SSSR count). The molecule has 0 aromatic carbocycles. The van der Waals surface area contributed by atoms with Crippen LogP contribution >= 0.6 is 11.5 Å². The van der Waals surface area contributed by atoms with Crippen molar-refractivity contribution in [3.63, 3.8) is 0 Å². The van der Waals surface area contributed by atoms with Crippen molar-refractivity contribution in [2.45, 2.75) is 32.9 Å². The molecule has 0 bridgehead atoms. The number of nitrogens with one attached hydrogen (secondary N) is 2. The van der Waals surface area contributed by atoms with Crippen molar-refractivity contribution in [3.8, 4) is 0 Å². The van der Waals surface area contributed by atoms with Crippen LogP contribution in [0.4, 0.5) is 10.8 Å². The van der Waals surface area contributed by atoms with E-state index in [1.807, 2.05) is 27.9 Å². The molecule has 7 heteroatoms. The lowest BCUT2D eigenvalue weighted by molar-refractivity contribution is 0.0945. The Labute approximate surface area is 118 Å². The van der Waals surface area contributed by atoms with Crippen LogP contribution in [0.15, 0.2) is 0 Å². The van der Waals surface area contributed by atoms with E-state index in [-0.39, 0.29) is 17.8 Å². The van der Waals surface area contributed by atoms with Gasteiger partial charge in [-0.05, 0) is 46.4 Å². The van der Waals surface area contributed by atoms with Gasteiger partial charge in [-0.1, -0.05) is 0 Å². The van der Waals surface area contributed by atoms with Crippen molar-refractivity contribution in [2.75, 3.05) is 31.7 Å². The lowest BCUT2D eigenvalue weighted by Gasteiger charge is -2.20. The van der Waals surface area contributed by atoms with Crippen molar-refractivity contribution in [1.29, 1.82) is 0 Å². The molecule has 1 aromatic heterocycles. The highest BCUT2D eigenvalue weighted by molar-refractivity contribution is 7.11. The molecular formula is C12H23N5OS. The van der Waals surface area contributed by atoms with Crippen LogP contribution in [0.2, 0.25) is 0 Å². The van der Waals surface area contributed by atoms with E-state index in [0.717, 1.165) is 11.5 Å². The fourth-order valence-corrected chi connectivity index (χ4v) is 2.12.